The molecule has 164 valence electrons. The molecular formula is C16H18F3N5O5S. The van der Waals surface area contributed by atoms with Crippen LogP contribution < -0.4 is 5.32 Å². The Hall–Kier alpha value is -3.00. The number of aromatic nitrogens is 3. The molecule has 2 N–H and O–H groups in total. The zero-order valence-electron chi connectivity index (χ0n) is 15.6. The molecule has 0 radical (unpaired) electrons. The van der Waals surface area contributed by atoms with E-state index in [1.807, 2.05) is 0 Å². The van der Waals surface area contributed by atoms with Crippen LogP contribution in [0.3, 0.4) is 0 Å². The number of alkyl halides is 3. The van der Waals surface area contributed by atoms with E-state index in [-0.39, 0.29) is 36.4 Å². The van der Waals surface area contributed by atoms with Crippen molar-refractivity contribution in [1.82, 2.24) is 24.4 Å². The summed E-state index contributed by atoms with van der Waals surface area (Å²) in [4.78, 5) is 24.6. The molecule has 3 rings (SSSR count). The van der Waals surface area contributed by atoms with Crippen molar-refractivity contribution < 1.29 is 36.3 Å². The molecule has 0 saturated carbocycles. The van der Waals surface area contributed by atoms with Gasteiger partial charge >= 0.3 is 12.1 Å². The maximum absolute atomic E-state index is 12.8. The molecule has 1 amide bonds. The number of rotatable bonds is 4. The highest BCUT2D eigenvalue weighted by atomic mass is 32.2. The van der Waals surface area contributed by atoms with Gasteiger partial charge in [-0.05, 0) is 18.2 Å². The highest BCUT2D eigenvalue weighted by Crippen LogP contribution is 2.27. The number of pyridine rings is 1. The third-order valence-electron chi connectivity index (χ3n) is 4.07. The van der Waals surface area contributed by atoms with Crippen molar-refractivity contribution in [1.29, 1.82) is 0 Å². The molecule has 3 heterocycles. The number of sulfonamides is 1. The fourth-order valence-electron chi connectivity index (χ4n) is 2.65. The standard InChI is InChI=1S/C14H17N5O3S.C2HF3O2/c1-15-14(20)7-12-10-18(9-11-4-6-17-19(11)12)23(21,22)13-3-2-5-16-8-13;3-2(4,5)1(6)7/h2-6,8,12H,7,9-10H2,1H3,(H,15,20);(H,6,7). The van der Waals surface area contributed by atoms with Gasteiger partial charge in [0.2, 0.25) is 15.9 Å². The van der Waals surface area contributed by atoms with Crippen LogP contribution >= 0.6 is 0 Å². The van der Waals surface area contributed by atoms with Crippen molar-refractivity contribution in [3.8, 4) is 0 Å². The number of nitrogens with one attached hydrogen (secondary N) is 1. The molecule has 0 spiro atoms. The Bertz CT molecular complexity index is 994. The Morgan fingerprint density at radius 3 is 2.50 bits per heavy atom. The molecule has 0 aliphatic carbocycles. The molecule has 2 aromatic rings. The average Bonchev–Trinajstić information content (AvgIpc) is 3.17. The van der Waals surface area contributed by atoms with Gasteiger partial charge in [-0.3, -0.25) is 14.5 Å². The number of amides is 1. The Labute approximate surface area is 169 Å². The van der Waals surface area contributed by atoms with Crippen LogP contribution in [0.5, 0.6) is 0 Å². The fraction of sp³-hybridized carbons (Fsp3) is 0.375. The van der Waals surface area contributed by atoms with Gasteiger partial charge in [-0.2, -0.15) is 22.6 Å². The van der Waals surface area contributed by atoms with Crippen molar-refractivity contribution in [3.05, 3.63) is 42.5 Å². The largest absolute Gasteiger partial charge is 0.490 e. The monoisotopic (exact) mass is 449 g/mol. The van der Waals surface area contributed by atoms with Gasteiger partial charge in [0, 0.05) is 32.2 Å². The third-order valence-corrected chi connectivity index (χ3v) is 5.86. The predicted molar refractivity (Wildman–Crippen MR) is 95.5 cm³/mol. The molecule has 0 aromatic carbocycles. The lowest BCUT2D eigenvalue weighted by molar-refractivity contribution is -0.192. The number of hydrogen-bond acceptors (Lipinski definition) is 6. The summed E-state index contributed by atoms with van der Waals surface area (Å²) in [6.07, 6.45) is -0.440. The van der Waals surface area contributed by atoms with E-state index in [1.54, 1.807) is 30.1 Å². The Balaban J connectivity index is 0.000000396. The molecule has 1 aliphatic heterocycles. The first-order valence-corrected chi connectivity index (χ1v) is 9.84. The van der Waals surface area contributed by atoms with Crippen LogP contribution in [0.1, 0.15) is 18.2 Å². The first kappa shape index (κ1) is 23.3. The minimum Gasteiger partial charge on any atom is -0.475 e. The smallest absolute Gasteiger partial charge is 0.475 e. The fourth-order valence-corrected chi connectivity index (χ4v) is 4.07. The van der Waals surface area contributed by atoms with E-state index < -0.39 is 22.2 Å². The minimum atomic E-state index is -5.08. The van der Waals surface area contributed by atoms with Crippen LogP contribution in [0, 0.1) is 0 Å². The van der Waals surface area contributed by atoms with Gasteiger partial charge in [-0.15, -0.1) is 0 Å². The second-order valence-corrected chi connectivity index (χ2v) is 8.03. The van der Waals surface area contributed by atoms with Crippen molar-refractivity contribution in [2.75, 3.05) is 13.6 Å². The zero-order valence-corrected chi connectivity index (χ0v) is 16.4. The number of carboxylic acid groups (broad SMARTS) is 1. The first-order valence-electron chi connectivity index (χ1n) is 8.40. The van der Waals surface area contributed by atoms with Gasteiger partial charge in [-0.25, -0.2) is 13.2 Å². The van der Waals surface area contributed by atoms with Gasteiger partial charge in [0.25, 0.3) is 0 Å². The lowest BCUT2D eigenvalue weighted by Gasteiger charge is -2.32. The summed E-state index contributed by atoms with van der Waals surface area (Å²) in [6.45, 7) is 0.417. The maximum Gasteiger partial charge on any atom is 0.490 e. The third kappa shape index (κ3) is 5.54. The van der Waals surface area contributed by atoms with Crippen molar-refractivity contribution in [2.45, 2.75) is 30.1 Å². The molecule has 2 aromatic heterocycles. The molecule has 0 fully saturated rings. The number of carbonyl (C=O) groups excluding carboxylic acids is 1. The topological polar surface area (TPSA) is 134 Å². The molecule has 0 bridgehead atoms. The second kappa shape index (κ2) is 9.21. The number of fused-ring (bicyclic) bond motifs is 1. The van der Waals surface area contributed by atoms with E-state index in [4.69, 9.17) is 9.90 Å². The highest BCUT2D eigenvalue weighted by Gasteiger charge is 2.38. The van der Waals surface area contributed by atoms with E-state index >= 15 is 0 Å². The first-order chi connectivity index (χ1) is 14.0. The number of nitrogens with zero attached hydrogens (tertiary/aromatic N) is 4. The van der Waals surface area contributed by atoms with Crippen LogP contribution in [0.4, 0.5) is 13.2 Å². The van der Waals surface area contributed by atoms with Crippen LogP contribution in [0.2, 0.25) is 0 Å². The molecule has 30 heavy (non-hydrogen) atoms. The molecule has 1 unspecified atom stereocenters. The highest BCUT2D eigenvalue weighted by molar-refractivity contribution is 7.89. The molecule has 1 atom stereocenters. The van der Waals surface area contributed by atoms with Crippen molar-refractivity contribution >= 4 is 21.9 Å². The summed E-state index contributed by atoms with van der Waals surface area (Å²) in [6, 6.07) is 4.53. The van der Waals surface area contributed by atoms with E-state index in [0.717, 1.165) is 5.69 Å². The SMILES string of the molecule is CNC(=O)CC1CN(S(=O)(=O)c2cccnc2)Cc2ccnn21.O=C(O)C(F)(F)F. The molecular weight excluding hydrogens is 431 g/mol. The van der Waals surface area contributed by atoms with Crippen molar-refractivity contribution in [2.24, 2.45) is 0 Å². The normalized spacial score (nSPS) is 16.7. The predicted octanol–water partition coefficient (Wildman–Crippen LogP) is 0.793. The minimum absolute atomic E-state index is 0.145. The molecule has 14 heteroatoms. The van der Waals surface area contributed by atoms with Gasteiger partial charge < -0.3 is 10.4 Å². The zero-order chi connectivity index (χ0) is 22.5. The van der Waals surface area contributed by atoms with Crippen molar-refractivity contribution in [3.63, 3.8) is 0 Å². The molecule has 1 aliphatic rings. The van der Waals surface area contributed by atoms with E-state index in [0.29, 0.717) is 0 Å². The van der Waals surface area contributed by atoms with Crippen LogP contribution in [-0.2, 0) is 26.2 Å². The van der Waals surface area contributed by atoms with E-state index in [2.05, 4.69) is 15.4 Å². The molecule has 0 saturated heterocycles. The van der Waals surface area contributed by atoms with E-state index in [9.17, 15) is 26.4 Å². The lowest BCUT2D eigenvalue weighted by Crippen LogP contribution is -2.42. The Morgan fingerprint density at radius 1 is 1.30 bits per heavy atom. The molecule has 10 nitrogen and oxygen atoms in total. The summed E-state index contributed by atoms with van der Waals surface area (Å²) < 4.78 is 60.4. The summed E-state index contributed by atoms with van der Waals surface area (Å²) in [5, 5.41) is 13.9. The number of carbonyl (C=O) groups is 2. The van der Waals surface area contributed by atoms with Gasteiger partial charge in [0.05, 0.1) is 24.7 Å². The second-order valence-electron chi connectivity index (χ2n) is 6.09. The van der Waals surface area contributed by atoms with Gasteiger partial charge in [0.1, 0.15) is 4.90 Å². The summed E-state index contributed by atoms with van der Waals surface area (Å²) in [7, 11) is -2.11. The number of halogens is 3. The number of hydrogen-bond donors (Lipinski definition) is 2. The maximum atomic E-state index is 12.8. The van der Waals surface area contributed by atoms with Crippen LogP contribution in [0.15, 0.2) is 41.7 Å². The summed E-state index contributed by atoms with van der Waals surface area (Å²) in [5.74, 6) is -2.91. The van der Waals surface area contributed by atoms with Gasteiger partial charge in [0.15, 0.2) is 0 Å². The summed E-state index contributed by atoms with van der Waals surface area (Å²) in [5.41, 5.74) is 0.762. The Morgan fingerprint density at radius 2 is 1.97 bits per heavy atom. The van der Waals surface area contributed by atoms with Crippen LogP contribution in [0.25, 0.3) is 0 Å². The number of aliphatic carboxylic acids is 1. The van der Waals surface area contributed by atoms with E-state index in [1.165, 1.54) is 22.8 Å². The Kier molecular flexibility index (Phi) is 7.15. The quantitative estimate of drug-likeness (QED) is 0.705. The lowest BCUT2D eigenvalue weighted by atomic mass is 10.1. The number of carboxylic acids is 1. The average molecular weight is 449 g/mol. The summed E-state index contributed by atoms with van der Waals surface area (Å²) >= 11 is 0. The van der Waals surface area contributed by atoms with Crippen LogP contribution in [-0.4, -0.2) is 64.2 Å². The van der Waals surface area contributed by atoms with Gasteiger partial charge in [-0.1, -0.05) is 0 Å².